The van der Waals surface area contributed by atoms with E-state index in [0.29, 0.717) is 12.8 Å². The van der Waals surface area contributed by atoms with E-state index in [0.717, 1.165) is 17.6 Å². The van der Waals surface area contributed by atoms with Crippen LogP contribution in [0, 0.1) is 39.9 Å². The van der Waals surface area contributed by atoms with E-state index < -0.39 is 34.9 Å². The van der Waals surface area contributed by atoms with Gasteiger partial charge in [0.1, 0.15) is 11.9 Å². The van der Waals surface area contributed by atoms with Crippen LogP contribution in [0.15, 0.2) is 34.7 Å². The second-order valence-electron chi connectivity index (χ2n) is 11.8. The van der Waals surface area contributed by atoms with Crippen molar-refractivity contribution < 1.29 is 33.4 Å². The molecule has 1 aliphatic heterocycles. The Bertz CT molecular complexity index is 1050. The minimum Gasteiger partial charge on any atom is -0.472 e. The number of ether oxygens (including phenoxy) is 2. The van der Waals surface area contributed by atoms with Gasteiger partial charge in [-0.25, -0.2) is 4.79 Å². The molecule has 2 bridgehead atoms. The van der Waals surface area contributed by atoms with Crippen LogP contribution in [0.4, 0.5) is 0 Å². The van der Waals surface area contributed by atoms with E-state index in [4.69, 9.17) is 13.9 Å². The first-order valence-corrected chi connectivity index (χ1v) is 12.2. The number of esters is 2. The van der Waals surface area contributed by atoms with E-state index in [2.05, 4.69) is 13.0 Å². The maximum atomic E-state index is 13.8. The lowest BCUT2D eigenvalue weighted by Gasteiger charge is -2.63. The fourth-order valence-corrected chi connectivity index (χ4v) is 8.24. The number of methoxy groups -OCH3 is 1. The lowest BCUT2D eigenvalue weighted by Crippen LogP contribution is -2.64. The van der Waals surface area contributed by atoms with Crippen molar-refractivity contribution in [1.29, 1.82) is 0 Å². The van der Waals surface area contributed by atoms with E-state index in [1.165, 1.54) is 7.11 Å². The first-order chi connectivity index (χ1) is 15.9. The van der Waals surface area contributed by atoms with Crippen molar-refractivity contribution in [3.8, 4) is 0 Å². The van der Waals surface area contributed by atoms with Gasteiger partial charge in [0, 0.05) is 28.2 Å². The fourth-order valence-electron chi connectivity index (χ4n) is 8.24. The maximum Gasteiger partial charge on any atom is 0.335 e. The Hall–Kier alpha value is -2.41. The molecule has 8 atom stereocenters. The molecule has 5 rings (SSSR count). The Morgan fingerprint density at radius 1 is 1.21 bits per heavy atom. The molecule has 34 heavy (non-hydrogen) atoms. The minimum absolute atomic E-state index is 0.0838. The van der Waals surface area contributed by atoms with Crippen molar-refractivity contribution in [1.82, 2.24) is 0 Å². The van der Waals surface area contributed by atoms with Crippen molar-refractivity contribution in [2.24, 2.45) is 39.9 Å². The largest absolute Gasteiger partial charge is 0.472 e. The third kappa shape index (κ3) is 3.01. The Morgan fingerprint density at radius 3 is 2.59 bits per heavy atom. The molecule has 8 unspecified atom stereocenters. The van der Waals surface area contributed by atoms with Crippen LogP contribution in [0.5, 0.6) is 0 Å². The summed E-state index contributed by atoms with van der Waals surface area (Å²) in [6.45, 7) is 8.15. The maximum absolute atomic E-state index is 13.8. The van der Waals surface area contributed by atoms with Crippen LogP contribution in [0.2, 0.25) is 0 Å². The average Bonchev–Trinajstić information content (AvgIpc) is 3.30. The smallest absolute Gasteiger partial charge is 0.335 e. The van der Waals surface area contributed by atoms with E-state index in [-0.39, 0.29) is 41.3 Å². The van der Waals surface area contributed by atoms with E-state index in [1.807, 2.05) is 26.8 Å². The highest BCUT2D eigenvalue weighted by molar-refractivity contribution is 5.93. The van der Waals surface area contributed by atoms with Gasteiger partial charge in [-0.15, -0.1) is 0 Å². The number of Topliss-reactive ketones (excluding diaryl/α,β-unsaturated/α-hetero) is 1. The van der Waals surface area contributed by atoms with Gasteiger partial charge in [0.15, 0.2) is 6.10 Å². The molecule has 184 valence electrons. The van der Waals surface area contributed by atoms with E-state index in [1.54, 1.807) is 12.5 Å². The van der Waals surface area contributed by atoms with Crippen molar-refractivity contribution in [3.63, 3.8) is 0 Å². The van der Waals surface area contributed by atoms with Crippen molar-refractivity contribution in [2.75, 3.05) is 7.11 Å². The Balaban J connectivity index is 1.62. The SMILES string of the molecule is COC(=O)C(O)C1C(C)(C)CC2C=C3C4CC(=O)OC(c5ccoc5)C4(C)CCC3C1(C)C2=O. The quantitative estimate of drug-likeness (QED) is 0.526. The summed E-state index contributed by atoms with van der Waals surface area (Å²) in [6.07, 6.45) is 5.79. The van der Waals surface area contributed by atoms with Crippen molar-refractivity contribution in [3.05, 3.63) is 35.8 Å². The van der Waals surface area contributed by atoms with Gasteiger partial charge < -0.3 is 19.0 Å². The summed E-state index contributed by atoms with van der Waals surface area (Å²) in [5, 5.41) is 11.1. The minimum atomic E-state index is -1.39. The Morgan fingerprint density at radius 2 is 1.94 bits per heavy atom. The van der Waals surface area contributed by atoms with Gasteiger partial charge in [0.05, 0.1) is 26.1 Å². The number of ketones is 1. The van der Waals surface area contributed by atoms with Crippen LogP contribution in [0.1, 0.15) is 65.0 Å². The van der Waals surface area contributed by atoms with Gasteiger partial charge in [-0.1, -0.05) is 39.3 Å². The molecule has 1 aromatic rings. The number of fused-ring (bicyclic) bond motifs is 6. The number of allylic oxidation sites excluding steroid dienone is 2. The zero-order valence-electron chi connectivity index (χ0n) is 20.5. The molecular weight excluding hydrogens is 436 g/mol. The number of rotatable bonds is 3. The van der Waals surface area contributed by atoms with Crippen molar-refractivity contribution in [2.45, 2.75) is 65.6 Å². The summed E-state index contributed by atoms with van der Waals surface area (Å²) in [5.74, 6) is -2.01. The first kappa shape index (κ1) is 23.3. The molecule has 0 spiro atoms. The van der Waals surface area contributed by atoms with E-state index >= 15 is 0 Å². The molecule has 0 radical (unpaired) electrons. The molecule has 2 heterocycles. The zero-order chi connectivity index (χ0) is 24.6. The van der Waals surface area contributed by atoms with Crippen LogP contribution in [0.3, 0.4) is 0 Å². The number of carbonyl (C=O) groups excluding carboxylic acids is 3. The number of carbonyl (C=O) groups is 3. The number of aliphatic hydroxyl groups excluding tert-OH is 1. The molecule has 1 saturated heterocycles. The summed E-state index contributed by atoms with van der Waals surface area (Å²) in [7, 11) is 1.26. The molecular formula is C27H34O7. The molecule has 1 N–H and O–H groups in total. The van der Waals surface area contributed by atoms with Crippen LogP contribution in [0.25, 0.3) is 0 Å². The number of aliphatic hydroxyl groups is 1. The second kappa shape index (κ2) is 7.54. The van der Waals surface area contributed by atoms with Gasteiger partial charge in [0.2, 0.25) is 0 Å². The highest BCUT2D eigenvalue weighted by Crippen LogP contribution is 2.67. The summed E-state index contributed by atoms with van der Waals surface area (Å²) >= 11 is 0. The lowest BCUT2D eigenvalue weighted by molar-refractivity contribution is -0.188. The molecule has 4 aliphatic rings. The normalized spacial score (nSPS) is 41.5. The molecule has 3 fully saturated rings. The summed E-state index contributed by atoms with van der Waals surface area (Å²) in [5.41, 5.74) is 0.241. The average molecular weight is 471 g/mol. The first-order valence-electron chi connectivity index (χ1n) is 12.2. The van der Waals surface area contributed by atoms with Crippen molar-refractivity contribution >= 4 is 17.7 Å². The number of hydrogen-bond acceptors (Lipinski definition) is 7. The number of hydrogen-bond donors (Lipinski definition) is 1. The molecule has 1 aromatic heterocycles. The highest BCUT2D eigenvalue weighted by Gasteiger charge is 2.67. The highest BCUT2D eigenvalue weighted by atomic mass is 16.5. The fraction of sp³-hybridized carbons (Fsp3) is 0.667. The predicted octanol–water partition coefficient (Wildman–Crippen LogP) is 4.01. The van der Waals surface area contributed by atoms with Gasteiger partial charge >= 0.3 is 11.9 Å². The standard InChI is InChI=1S/C27H34O7/c1-25(2)12-15-10-16-17(27(4,22(15)30)21(25)20(29)24(31)32-5)6-8-26(3)18(16)11-19(28)34-23(26)14-7-9-33-13-14/h7,9-10,13,15,17-18,20-21,23,29H,6,8,11-12H2,1-5H3. The van der Waals surface area contributed by atoms with Crippen LogP contribution in [-0.2, 0) is 23.9 Å². The third-order valence-corrected chi connectivity index (χ3v) is 9.62. The van der Waals surface area contributed by atoms with Crippen LogP contribution in [-0.4, -0.2) is 36.0 Å². The van der Waals surface area contributed by atoms with E-state index in [9.17, 15) is 19.5 Å². The molecule has 2 saturated carbocycles. The summed E-state index contributed by atoms with van der Waals surface area (Å²) in [4.78, 5) is 39.1. The van der Waals surface area contributed by atoms with Gasteiger partial charge in [-0.3, -0.25) is 9.59 Å². The topological polar surface area (TPSA) is 103 Å². The molecule has 3 aliphatic carbocycles. The molecule has 0 amide bonds. The second-order valence-corrected chi connectivity index (χ2v) is 11.8. The van der Waals surface area contributed by atoms with Crippen LogP contribution < -0.4 is 0 Å². The van der Waals surface area contributed by atoms with Gasteiger partial charge in [-0.05, 0) is 42.6 Å². The predicted molar refractivity (Wildman–Crippen MR) is 121 cm³/mol. The van der Waals surface area contributed by atoms with Crippen LogP contribution >= 0.6 is 0 Å². The Labute approximate surface area is 199 Å². The number of furan rings is 1. The zero-order valence-corrected chi connectivity index (χ0v) is 20.5. The summed E-state index contributed by atoms with van der Waals surface area (Å²) in [6, 6.07) is 1.84. The molecule has 0 aromatic carbocycles. The number of cyclic esters (lactones) is 1. The van der Waals surface area contributed by atoms with Gasteiger partial charge in [-0.2, -0.15) is 0 Å². The molecule has 7 heteroatoms. The Kier molecular flexibility index (Phi) is 5.18. The third-order valence-electron chi connectivity index (χ3n) is 9.62. The van der Waals surface area contributed by atoms with Gasteiger partial charge in [0.25, 0.3) is 0 Å². The summed E-state index contributed by atoms with van der Waals surface area (Å²) < 4.78 is 16.1. The lowest BCUT2D eigenvalue weighted by atomic mass is 9.41. The molecule has 7 nitrogen and oxygen atoms in total. The monoisotopic (exact) mass is 470 g/mol.